The second kappa shape index (κ2) is 7.09. The minimum absolute atomic E-state index is 0.0185. The Labute approximate surface area is 122 Å². The van der Waals surface area contributed by atoms with Gasteiger partial charge in [0.2, 0.25) is 0 Å². The number of carbonyl (C=O) groups excluding carboxylic acids is 1. The van der Waals surface area contributed by atoms with E-state index in [0.717, 1.165) is 5.69 Å². The quantitative estimate of drug-likeness (QED) is 0.734. The molecule has 0 spiro atoms. The largest absolute Gasteiger partial charge is 0.396 e. The van der Waals surface area contributed by atoms with E-state index in [1.54, 1.807) is 11.6 Å². The van der Waals surface area contributed by atoms with E-state index in [9.17, 15) is 4.79 Å². The summed E-state index contributed by atoms with van der Waals surface area (Å²) >= 11 is 0. The molecule has 1 amide bonds. The fourth-order valence-corrected chi connectivity index (χ4v) is 2.17. The second-order valence-corrected chi connectivity index (χ2v) is 4.58. The molecule has 0 aliphatic rings. The summed E-state index contributed by atoms with van der Waals surface area (Å²) in [5, 5.41) is 15.9. The number of carbonyl (C=O) groups is 1. The third-order valence-electron chi connectivity index (χ3n) is 3.17. The van der Waals surface area contributed by atoms with Crippen LogP contribution < -0.4 is 5.32 Å². The van der Waals surface area contributed by atoms with Gasteiger partial charge in [-0.05, 0) is 12.8 Å². The van der Waals surface area contributed by atoms with Crippen molar-refractivity contribution < 1.29 is 14.6 Å². The van der Waals surface area contributed by atoms with Crippen LogP contribution in [0.2, 0.25) is 0 Å². The highest BCUT2D eigenvalue weighted by molar-refractivity contribution is 5.95. The van der Waals surface area contributed by atoms with Gasteiger partial charge < -0.3 is 15.2 Å². The van der Waals surface area contributed by atoms with E-state index in [0.29, 0.717) is 30.8 Å². The Morgan fingerprint density at radius 3 is 3.00 bits per heavy atom. The first kappa shape index (κ1) is 15.3. The molecule has 8 nitrogen and oxygen atoms in total. The van der Waals surface area contributed by atoms with E-state index < -0.39 is 0 Å². The highest BCUT2D eigenvalue weighted by Crippen LogP contribution is 2.10. The summed E-state index contributed by atoms with van der Waals surface area (Å²) in [4.78, 5) is 20.5. The lowest BCUT2D eigenvalue weighted by atomic mass is 10.1. The van der Waals surface area contributed by atoms with Crippen LogP contribution in [0.3, 0.4) is 0 Å². The molecule has 0 bridgehead atoms. The van der Waals surface area contributed by atoms with Gasteiger partial charge >= 0.3 is 0 Å². The number of nitrogens with one attached hydrogen (secondary N) is 1. The number of aliphatic hydroxyl groups excluding tert-OH is 1. The fraction of sp³-hybridized carbons (Fsp3) is 0.538. The highest BCUT2D eigenvalue weighted by Gasteiger charge is 2.18. The summed E-state index contributed by atoms with van der Waals surface area (Å²) in [6, 6.07) is -0.247. The zero-order valence-electron chi connectivity index (χ0n) is 12.1. The molecule has 8 heteroatoms. The lowest BCUT2D eigenvalue weighted by molar-refractivity contribution is 0.0876. The van der Waals surface area contributed by atoms with Crippen LogP contribution in [0.25, 0.3) is 5.78 Å². The van der Waals surface area contributed by atoms with E-state index in [2.05, 4.69) is 20.4 Å². The van der Waals surface area contributed by atoms with Crippen molar-refractivity contribution in [2.45, 2.75) is 25.8 Å². The normalized spacial score (nSPS) is 12.5. The maximum atomic E-state index is 12.4. The number of methoxy groups -OCH3 is 1. The summed E-state index contributed by atoms with van der Waals surface area (Å²) in [5.41, 5.74) is 1.20. The van der Waals surface area contributed by atoms with Gasteiger partial charge in [0.05, 0.1) is 23.9 Å². The topological polar surface area (TPSA) is 102 Å². The van der Waals surface area contributed by atoms with Crippen molar-refractivity contribution in [3.63, 3.8) is 0 Å². The van der Waals surface area contributed by atoms with Gasteiger partial charge in [-0.2, -0.15) is 10.1 Å². The fourth-order valence-electron chi connectivity index (χ4n) is 2.17. The van der Waals surface area contributed by atoms with Gasteiger partial charge in [-0.3, -0.25) is 4.79 Å². The summed E-state index contributed by atoms with van der Waals surface area (Å²) in [5.74, 6) is 0.208. The molecular formula is C13H19N5O3. The molecule has 2 N–H and O–H groups in total. The molecule has 0 aromatic carbocycles. The molecule has 2 aromatic rings. The number of nitrogens with zero attached hydrogens (tertiary/aromatic N) is 4. The van der Waals surface area contributed by atoms with Crippen molar-refractivity contribution in [3.8, 4) is 0 Å². The number of hydrogen-bond donors (Lipinski definition) is 2. The average Bonchev–Trinajstić information content (AvgIpc) is 2.95. The Kier molecular flexibility index (Phi) is 5.18. The van der Waals surface area contributed by atoms with Crippen LogP contribution in [0.5, 0.6) is 0 Å². The molecule has 21 heavy (non-hydrogen) atoms. The molecule has 1 unspecified atom stereocenters. The third-order valence-corrected chi connectivity index (χ3v) is 3.17. The van der Waals surface area contributed by atoms with Gasteiger partial charge in [0.25, 0.3) is 11.7 Å². The first-order chi connectivity index (χ1) is 10.2. The van der Waals surface area contributed by atoms with Crippen LogP contribution in [-0.2, 0) is 11.2 Å². The van der Waals surface area contributed by atoms with Gasteiger partial charge in [-0.1, -0.05) is 6.92 Å². The monoisotopic (exact) mass is 293 g/mol. The number of rotatable bonds is 7. The maximum Gasteiger partial charge on any atom is 0.255 e. The van der Waals surface area contributed by atoms with E-state index >= 15 is 0 Å². The minimum Gasteiger partial charge on any atom is -0.396 e. The molecule has 2 rings (SSSR count). The first-order valence-corrected chi connectivity index (χ1v) is 6.79. The molecule has 0 aliphatic carbocycles. The Balaban J connectivity index is 2.25. The Morgan fingerprint density at radius 1 is 1.52 bits per heavy atom. The molecular weight excluding hydrogens is 274 g/mol. The Bertz CT molecular complexity index is 607. The molecule has 0 radical (unpaired) electrons. The Morgan fingerprint density at radius 2 is 2.33 bits per heavy atom. The van der Waals surface area contributed by atoms with Crippen LogP contribution in [0.15, 0.2) is 12.5 Å². The predicted octanol–water partition coefficient (Wildman–Crippen LogP) is -0.186. The van der Waals surface area contributed by atoms with Crippen molar-refractivity contribution in [1.29, 1.82) is 0 Å². The zero-order chi connectivity index (χ0) is 15.2. The number of aromatic nitrogens is 4. The van der Waals surface area contributed by atoms with Gasteiger partial charge in [0.15, 0.2) is 0 Å². The summed E-state index contributed by atoms with van der Waals surface area (Å²) < 4.78 is 6.60. The summed E-state index contributed by atoms with van der Waals surface area (Å²) in [6.45, 7) is 2.26. The number of hydrogen-bond acceptors (Lipinski definition) is 6. The summed E-state index contributed by atoms with van der Waals surface area (Å²) in [7, 11) is 1.55. The van der Waals surface area contributed by atoms with E-state index in [1.165, 1.54) is 12.5 Å². The van der Waals surface area contributed by atoms with Crippen LogP contribution >= 0.6 is 0 Å². The van der Waals surface area contributed by atoms with Gasteiger partial charge in [-0.25, -0.2) is 9.50 Å². The molecule has 0 fully saturated rings. The second-order valence-electron chi connectivity index (χ2n) is 4.58. The van der Waals surface area contributed by atoms with Crippen molar-refractivity contribution in [1.82, 2.24) is 24.9 Å². The number of ether oxygens (including phenoxy) is 1. The van der Waals surface area contributed by atoms with E-state index in [1.807, 2.05) is 6.92 Å². The Hall–Kier alpha value is -2.06. The smallest absolute Gasteiger partial charge is 0.255 e. The van der Waals surface area contributed by atoms with Crippen LogP contribution in [0.1, 0.15) is 29.4 Å². The third kappa shape index (κ3) is 3.34. The predicted molar refractivity (Wildman–Crippen MR) is 75.0 cm³/mol. The number of aryl methyl sites for hydroxylation is 1. The van der Waals surface area contributed by atoms with Gasteiger partial charge in [0, 0.05) is 19.9 Å². The van der Waals surface area contributed by atoms with Crippen molar-refractivity contribution in [2.75, 3.05) is 20.3 Å². The molecule has 2 aromatic heterocycles. The van der Waals surface area contributed by atoms with Crippen molar-refractivity contribution in [3.05, 3.63) is 23.8 Å². The van der Waals surface area contributed by atoms with Crippen LogP contribution in [0, 0.1) is 0 Å². The van der Waals surface area contributed by atoms with Crippen LogP contribution in [0.4, 0.5) is 0 Å². The molecule has 114 valence electrons. The first-order valence-electron chi connectivity index (χ1n) is 6.79. The summed E-state index contributed by atoms with van der Waals surface area (Å²) in [6.07, 6.45) is 3.96. The van der Waals surface area contributed by atoms with Gasteiger partial charge in [0.1, 0.15) is 6.33 Å². The number of aliphatic hydroxyl groups is 1. The molecule has 0 saturated carbocycles. The minimum atomic E-state index is -0.257. The number of fused-ring (bicyclic) bond motifs is 1. The van der Waals surface area contributed by atoms with E-state index in [4.69, 9.17) is 9.84 Å². The molecule has 0 saturated heterocycles. The molecule has 1 atom stereocenters. The standard InChI is InChI=1S/C13H19N5O3/c1-3-11-10(6-14-13-15-8-16-18(11)13)12(20)17-9(4-5-19)7-21-2/h6,8-9,19H,3-5,7H2,1-2H3,(H,17,20). The zero-order valence-corrected chi connectivity index (χ0v) is 12.1. The van der Waals surface area contributed by atoms with Crippen molar-refractivity contribution in [2.24, 2.45) is 0 Å². The lowest BCUT2D eigenvalue weighted by Gasteiger charge is -2.17. The van der Waals surface area contributed by atoms with Crippen LogP contribution in [-0.4, -0.2) is 57.0 Å². The molecule has 0 aliphatic heterocycles. The SMILES string of the molecule is CCc1c(C(=O)NC(CCO)COC)cnc2ncnn12. The number of amides is 1. The molecule has 2 heterocycles. The average molecular weight is 293 g/mol. The lowest BCUT2D eigenvalue weighted by Crippen LogP contribution is -2.39. The van der Waals surface area contributed by atoms with E-state index in [-0.39, 0.29) is 18.6 Å². The maximum absolute atomic E-state index is 12.4. The highest BCUT2D eigenvalue weighted by atomic mass is 16.5. The van der Waals surface area contributed by atoms with Gasteiger partial charge in [-0.15, -0.1) is 0 Å². The van der Waals surface area contributed by atoms with Crippen molar-refractivity contribution >= 4 is 11.7 Å².